The number of thiazole rings is 1. The number of aryl methyl sites for hydroxylation is 2. The highest BCUT2D eigenvalue weighted by molar-refractivity contribution is 7.14. The summed E-state index contributed by atoms with van der Waals surface area (Å²) in [5, 5.41) is 6.32. The van der Waals surface area contributed by atoms with Crippen LogP contribution in [-0.2, 0) is 6.54 Å². The van der Waals surface area contributed by atoms with Gasteiger partial charge in [0.1, 0.15) is 5.58 Å². The highest BCUT2D eigenvalue weighted by Gasteiger charge is 2.19. The van der Waals surface area contributed by atoms with Crippen LogP contribution in [0.15, 0.2) is 52.8 Å². The molecule has 4 aromatic rings. The third-order valence-corrected chi connectivity index (χ3v) is 5.69. The van der Waals surface area contributed by atoms with Gasteiger partial charge in [0, 0.05) is 39.8 Å². The van der Waals surface area contributed by atoms with Crippen LogP contribution in [-0.4, -0.2) is 15.5 Å². The Labute approximate surface area is 167 Å². The molecular formula is C22H21N3O2S. The van der Waals surface area contributed by atoms with Gasteiger partial charge in [0.2, 0.25) is 0 Å². The van der Waals surface area contributed by atoms with Crippen LogP contribution < -0.4 is 5.32 Å². The second kappa shape index (κ2) is 7.13. The number of carbonyl (C=O) groups is 1. The standard InChI is InChI=1S/C22H21N3O2S/c1-5-10-25-13(2)11-17(15(25)4)18-12-28-22(23-18)24-21(26)20-14(3)16-8-6-7-9-19(16)27-20/h5-9,11-12H,1,10H2,2-4H3,(H,23,24,26). The van der Waals surface area contributed by atoms with E-state index in [9.17, 15) is 4.79 Å². The number of nitrogens with zero attached hydrogens (tertiary/aromatic N) is 2. The van der Waals surface area contributed by atoms with Gasteiger partial charge in [-0.2, -0.15) is 0 Å². The molecule has 3 aromatic heterocycles. The van der Waals surface area contributed by atoms with Crippen LogP contribution in [0.4, 0.5) is 5.13 Å². The molecule has 4 rings (SSSR count). The molecule has 1 aromatic carbocycles. The van der Waals surface area contributed by atoms with E-state index in [1.807, 2.05) is 42.6 Å². The molecule has 5 nitrogen and oxygen atoms in total. The fourth-order valence-electron chi connectivity index (χ4n) is 3.47. The Balaban J connectivity index is 1.60. The molecule has 0 radical (unpaired) electrons. The first-order valence-corrected chi connectivity index (χ1v) is 9.90. The first kappa shape index (κ1) is 18.3. The molecule has 3 heterocycles. The fourth-order valence-corrected chi connectivity index (χ4v) is 4.18. The summed E-state index contributed by atoms with van der Waals surface area (Å²) in [6.07, 6.45) is 1.88. The molecule has 0 aliphatic carbocycles. The van der Waals surface area contributed by atoms with Crippen molar-refractivity contribution in [3.05, 3.63) is 71.1 Å². The topological polar surface area (TPSA) is 60.1 Å². The SMILES string of the molecule is C=CCn1c(C)cc(-c2csc(NC(=O)c3oc4ccccc4c3C)n2)c1C. The van der Waals surface area contributed by atoms with Crippen LogP contribution in [0.25, 0.3) is 22.2 Å². The van der Waals surface area contributed by atoms with E-state index >= 15 is 0 Å². The number of para-hydroxylation sites is 1. The van der Waals surface area contributed by atoms with E-state index in [1.54, 1.807) is 0 Å². The number of fused-ring (bicyclic) bond motifs is 1. The zero-order valence-corrected chi connectivity index (χ0v) is 16.9. The number of hydrogen-bond donors (Lipinski definition) is 1. The van der Waals surface area contributed by atoms with Gasteiger partial charge in [0.05, 0.1) is 5.69 Å². The number of anilines is 1. The highest BCUT2D eigenvalue weighted by Crippen LogP contribution is 2.31. The lowest BCUT2D eigenvalue weighted by atomic mass is 10.1. The monoisotopic (exact) mass is 391 g/mol. The molecule has 0 saturated heterocycles. The molecule has 6 heteroatoms. The van der Waals surface area contributed by atoms with Gasteiger partial charge in [-0.15, -0.1) is 17.9 Å². The summed E-state index contributed by atoms with van der Waals surface area (Å²) < 4.78 is 7.93. The molecule has 0 fully saturated rings. The maximum absolute atomic E-state index is 12.7. The predicted octanol–water partition coefficient (Wildman–Crippen LogP) is 5.72. The third-order valence-electron chi connectivity index (χ3n) is 4.94. The predicted molar refractivity (Wildman–Crippen MR) is 114 cm³/mol. The van der Waals surface area contributed by atoms with Gasteiger partial charge in [-0.1, -0.05) is 24.3 Å². The Kier molecular flexibility index (Phi) is 4.65. The number of rotatable bonds is 5. The lowest BCUT2D eigenvalue weighted by Crippen LogP contribution is -2.11. The maximum atomic E-state index is 12.7. The zero-order chi connectivity index (χ0) is 19.8. The second-order valence-electron chi connectivity index (χ2n) is 6.73. The number of hydrogen-bond acceptors (Lipinski definition) is 4. The normalized spacial score (nSPS) is 11.1. The average Bonchev–Trinajstić information content (AvgIpc) is 3.35. The maximum Gasteiger partial charge on any atom is 0.293 e. The zero-order valence-electron chi connectivity index (χ0n) is 16.1. The minimum atomic E-state index is -0.285. The highest BCUT2D eigenvalue weighted by atomic mass is 32.1. The van der Waals surface area contributed by atoms with E-state index in [4.69, 9.17) is 4.42 Å². The Morgan fingerprint density at radius 2 is 2.11 bits per heavy atom. The van der Waals surface area contributed by atoms with Gasteiger partial charge in [-0.25, -0.2) is 4.98 Å². The summed E-state index contributed by atoms with van der Waals surface area (Å²) in [6, 6.07) is 9.75. The van der Waals surface area contributed by atoms with E-state index in [-0.39, 0.29) is 5.91 Å². The van der Waals surface area contributed by atoms with E-state index in [0.717, 1.165) is 40.1 Å². The Hall–Kier alpha value is -3.12. The quantitative estimate of drug-likeness (QED) is 0.443. The molecule has 0 aliphatic rings. The van der Waals surface area contributed by atoms with Crippen molar-refractivity contribution in [1.29, 1.82) is 0 Å². The summed E-state index contributed by atoms with van der Waals surface area (Å²) in [7, 11) is 0. The van der Waals surface area contributed by atoms with Crippen LogP contribution in [0.1, 0.15) is 27.5 Å². The van der Waals surface area contributed by atoms with Crippen LogP contribution in [0.3, 0.4) is 0 Å². The smallest absolute Gasteiger partial charge is 0.293 e. The minimum absolute atomic E-state index is 0.285. The average molecular weight is 391 g/mol. The fraction of sp³-hybridized carbons (Fsp3) is 0.182. The molecule has 142 valence electrons. The summed E-state index contributed by atoms with van der Waals surface area (Å²) in [4.78, 5) is 17.3. The molecule has 1 N–H and O–H groups in total. The van der Waals surface area contributed by atoms with Crippen molar-refractivity contribution in [1.82, 2.24) is 9.55 Å². The minimum Gasteiger partial charge on any atom is -0.451 e. The van der Waals surface area contributed by atoms with E-state index in [1.165, 1.54) is 11.3 Å². The molecule has 1 amide bonds. The van der Waals surface area contributed by atoms with Gasteiger partial charge in [-0.05, 0) is 32.9 Å². The summed E-state index contributed by atoms with van der Waals surface area (Å²) >= 11 is 1.40. The van der Waals surface area contributed by atoms with Crippen LogP contribution in [0.2, 0.25) is 0 Å². The van der Waals surface area contributed by atoms with E-state index in [2.05, 4.69) is 41.4 Å². The molecule has 0 unspecified atom stereocenters. The molecule has 0 bridgehead atoms. The lowest BCUT2D eigenvalue weighted by molar-refractivity contribution is 0.0998. The summed E-state index contributed by atoms with van der Waals surface area (Å²) in [5.74, 6) is 0.0360. The molecular weight excluding hydrogens is 370 g/mol. The first-order chi connectivity index (χ1) is 13.5. The van der Waals surface area contributed by atoms with Crippen molar-refractivity contribution >= 4 is 33.3 Å². The third kappa shape index (κ3) is 3.05. The molecule has 0 atom stereocenters. The van der Waals surface area contributed by atoms with Gasteiger partial charge >= 0.3 is 0 Å². The van der Waals surface area contributed by atoms with Gasteiger partial charge in [0.15, 0.2) is 10.9 Å². The lowest BCUT2D eigenvalue weighted by Gasteiger charge is -2.05. The Bertz CT molecular complexity index is 1200. The van der Waals surface area contributed by atoms with Crippen LogP contribution >= 0.6 is 11.3 Å². The number of benzene rings is 1. The number of aromatic nitrogens is 2. The summed E-state index contributed by atoms with van der Waals surface area (Å²) in [5.41, 5.74) is 5.75. The number of carbonyl (C=O) groups excluding carboxylic acids is 1. The van der Waals surface area contributed by atoms with E-state index < -0.39 is 0 Å². The van der Waals surface area contributed by atoms with Gasteiger partial charge in [-0.3, -0.25) is 10.1 Å². The molecule has 0 spiro atoms. The van der Waals surface area contributed by atoms with Crippen molar-refractivity contribution in [3.8, 4) is 11.3 Å². The Morgan fingerprint density at radius 1 is 1.32 bits per heavy atom. The van der Waals surface area contributed by atoms with Gasteiger partial charge < -0.3 is 8.98 Å². The van der Waals surface area contributed by atoms with Crippen molar-refractivity contribution in [2.75, 3.05) is 5.32 Å². The molecule has 0 aliphatic heterocycles. The second-order valence-corrected chi connectivity index (χ2v) is 7.59. The first-order valence-electron chi connectivity index (χ1n) is 9.02. The molecule has 0 saturated carbocycles. The Morgan fingerprint density at radius 3 is 2.86 bits per heavy atom. The number of nitrogens with one attached hydrogen (secondary N) is 1. The van der Waals surface area contributed by atoms with Crippen molar-refractivity contribution in [2.45, 2.75) is 27.3 Å². The van der Waals surface area contributed by atoms with Crippen molar-refractivity contribution < 1.29 is 9.21 Å². The van der Waals surface area contributed by atoms with Gasteiger partial charge in [0.25, 0.3) is 5.91 Å². The number of furan rings is 1. The largest absolute Gasteiger partial charge is 0.451 e. The van der Waals surface area contributed by atoms with Crippen molar-refractivity contribution in [2.24, 2.45) is 0 Å². The molecule has 28 heavy (non-hydrogen) atoms. The van der Waals surface area contributed by atoms with Crippen molar-refractivity contribution in [3.63, 3.8) is 0 Å². The number of allylic oxidation sites excluding steroid dienone is 1. The van der Waals surface area contributed by atoms with Crippen LogP contribution in [0, 0.1) is 20.8 Å². The summed E-state index contributed by atoms with van der Waals surface area (Å²) in [6.45, 7) is 10.6. The number of amides is 1. The van der Waals surface area contributed by atoms with E-state index in [0.29, 0.717) is 16.5 Å². The van der Waals surface area contributed by atoms with Crippen LogP contribution in [0.5, 0.6) is 0 Å².